The molecule has 0 bridgehead atoms. The predicted molar refractivity (Wildman–Crippen MR) is 86.2 cm³/mol. The molecule has 0 aliphatic carbocycles. The average molecular weight is 276 g/mol. The molecule has 2 N–H and O–H groups in total. The van der Waals surface area contributed by atoms with Gasteiger partial charge in [0.2, 0.25) is 0 Å². The van der Waals surface area contributed by atoms with Crippen LogP contribution in [0.25, 0.3) is 0 Å². The van der Waals surface area contributed by atoms with Crippen LogP contribution in [0.5, 0.6) is 0 Å². The molecule has 1 aromatic carbocycles. The summed E-state index contributed by atoms with van der Waals surface area (Å²) in [7, 11) is 0. The van der Waals surface area contributed by atoms with Gasteiger partial charge in [0.1, 0.15) is 0 Å². The normalized spacial score (nSPS) is 13.2. The highest BCUT2D eigenvalue weighted by atomic mass is 16.1. The largest absolute Gasteiger partial charge is 0.382 e. The Hall–Kier alpha value is -1.51. The van der Waals surface area contributed by atoms with E-state index in [4.69, 9.17) is 0 Å². The molecule has 1 aromatic rings. The highest BCUT2D eigenvalue weighted by Gasteiger charge is 2.21. The summed E-state index contributed by atoms with van der Waals surface area (Å²) in [5, 5.41) is 6.35. The molecule has 1 unspecified atom stereocenters. The van der Waals surface area contributed by atoms with E-state index in [2.05, 4.69) is 52.2 Å². The lowest BCUT2D eigenvalue weighted by molar-refractivity contribution is 0.0938. The number of anilines is 1. The lowest BCUT2D eigenvalue weighted by Crippen LogP contribution is -2.34. The number of nitrogens with one attached hydrogen (secondary N) is 2. The van der Waals surface area contributed by atoms with Gasteiger partial charge in [0.25, 0.3) is 5.91 Å². The van der Waals surface area contributed by atoms with Crippen LogP contribution in [0.1, 0.15) is 51.9 Å². The molecule has 112 valence electrons. The number of hydrogen-bond donors (Lipinski definition) is 2. The van der Waals surface area contributed by atoms with Gasteiger partial charge in [-0.15, -0.1) is 0 Å². The SMILES string of the molecule is CC(C)Nc1ccccc1C(=O)NCC(C)C(C)(C)C. The molecule has 3 nitrogen and oxygen atoms in total. The van der Waals surface area contributed by atoms with Crippen molar-refractivity contribution < 1.29 is 4.79 Å². The second kappa shape index (κ2) is 6.78. The number of carbonyl (C=O) groups is 1. The molecular formula is C17H28N2O. The highest BCUT2D eigenvalue weighted by molar-refractivity contribution is 5.99. The van der Waals surface area contributed by atoms with Gasteiger partial charge in [0.15, 0.2) is 0 Å². The van der Waals surface area contributed by atoms with Gasteiger partial charge in [-0.1, -0.05) is 39.8 Å². The number of carbonyl (C=O) groups excluding carboxylic acids is 1. The van der Waals surface area contributed by atoms with Crippen LogP contribution in [0.3, 0.4) is 0 Å². The Balaban J connectivity index is 2.73. The molecule has 1 rings (SSSR count). The van der Waals surface area contributed by atoms with Crippen molar-refractivity contribution >= 4 is 11.6 Å². The van der Waals surface area contributed by atoms with Gasteiger partial charge in [0.05, 0.1) is 5.56 Å². The second-order valence-corrected chi connectivity index (χ2v) is 6.82. The molecule has 0 radical (unpaired) electrons. The maximum absolute atomic E-state index is 12.3. The van der Waals surface area contributed by atoms with Crippen molar-refractivity contribution in [2.75, 3.05) is 11.9 Å². The van der Waals surface area contributed by atoms with Crippen molar-refractivity contribution in [1.29, 1.82) is 0 Å². The van der Waals surface area contributed by atoms with E-state index >= 15 is 0 Å². The molecule has 0 saturated heterocycles. The molecule has 0 aliphatic heterocycles. The van der Waals surface area contributed by atoms with Gasteiger partial charge in [-0.2, -0.15) is 0 Å². The number of hydrogen-bond acceptors (Lipinski definition) is 2. The lowest BCUT2D eigenvalue weighted by atomic mass is 9.82. The molecule has 1 atom stereocenters. The van der Waals surface area contributed by atoms with Crippen molar-refractivity contribution in [3.8, 4) is 0 Å². The maximum Gasteiger partial charge on any atom is 0.253 e. The predicted octanol–water partition coefficient (Wildman–Crippen LogP) is 3.92. The van der Waals surface area contributed by atoms with E-state index in [0.717, 1.165) is 5.69 Å². The third kappa shape index (κ3) is 4.87. The summed E-state index contributed by atoms with van der Waals surface area (Å²) in [5.41, 5.74) is 1.80. The number of para-hydroxylation sites is 1. The van der Waals surface area contributed by atoms with Gasteiger partial charge in [-0.3, -0.25) is 4.79 Å². The van der Waals surface area contributed by atoms with Crippen molar-refractivity contribution in [1.82, 2.24) is 5.32 Å². The van der Waals surface area contributed by atoms with Gasteiger partial charge in [-0.25, -0.2) is 0 Å². The molecule has 0 aromatic heterocycles. The summed E-state index contributed by atoms with van der Waals surface area (Å²) in [4.78, 5) is 12.3. The van der Waals surface area contributed by atoms with Crippen LogP contribution in [-0.4, -0.2) is 18.5 Å². The Bertz CT molecular complexity index is 447. The molecule has 0 spiro atoms. The van der Waals surface area contributed by atoms with E-state index in [0.29, 0.717) is 24.1 Å². The molecule has 3 heteroatoms. The van der Waals surface area contributed by atoms with Crippen LogP contribution in [0, 0.1) is 11.3 Å². The molecule has 1 amide bonds. The quantitative estimate of drug-likeness (QED) is 0.856. The molecule has 0 heterocycles. The van der Waals surface area contributed by atoms with Crippen LogP contribution < -0.4 is 10.6 Å². The first-order chi connectivity index (χ1) is 9.21. The third-order valence-electron chi connectivity index (χ3n) is 3.66. The van der Waals surface area contributed by atoms with Crippen molar-refractivity contribution in [2.24, 2.45) is 11.3 Å². The molecule has 0 saturated carbocycles. The minimum absolute atomic E-state index is 0.00940. The fraction of sp³-hybridized carbons (Fsp3) is 0.588. The number of amides is 1. The van der Waals surface area contributed by atoms with Crippen LogP contribution >= 0.6 is 0 Å². The Labute approximate surface area is 123 Å². The first-order valence-electron chi connectivity index (χ1n) is 7.35. The Morgan fingerprint density at radius 3 is 2.30 bits per heavy atom. The lowest BCUT2D eigenvalue weighted by Gasteiger charge is -2.27. The van der Waals surface area contributed by atoms with Crippen LogP contribution in [0.15, 0.2) is 24.3 Å². The summed E-state index contributed by atoms with van der Waals surface area (Å²) in [5.74, 6) is 0.418. The fourth-order valence-corrected chi connectivity index (χ4v) is 1.77. The van der Waals surface area contributed by atoms with E-state index < -0.39 is 0 Å². The number of rotatable bonds is 5. The smallest absolute Gasteiger partial charge is 0.253 e. The standard InChI is InChI=1S/C17H28N2O/c1-12(2)19-15-10-8-7-9-14(15)16(20)18-11-13(3)17(4,5)6/h7-10,12-13,19H,11H2,1-6H3,(H,18,20). The van der Waals surface area contributed by atoms with Gasteiger partial charge >= 0.3 is 0 Å². The van der Waals surface area contributed by atoms with Crippen molar-refractivity contribution in [3.63, 3.8) is 0 Å². The Morgan fingerprint density at radius 2 is 1.75 bits per heavy atom. The van der Waals surface area contributed by atoms with E-state index in [9.17, 15) is 4.79 Å². The maximum atomic E-state index is 12.3. The topological polar surface area (TPSA) is 41.1 Å². The van der Waals surface area contributed by atoms with Crippen LogP contribution in [0.2, 0.25) is 0 Å². The summed E-state index contributed by atoms with van der Waals surface area (Å²) < 4.78 is 0. The van der Waals surface area contributed by atoms with Crippen molar-refractivity contribution in [3.05, 3.63) is 29.8 Å². The zero-order valence-corrected chi connectivity index (χ0v) is 13.6. The average Bonchev–Trinajstić information content (AvgIpc) is 2.34. The van der Waals surface area contributed by atoms with Gasteiger partial charge < -0.3 is 10.6 Å². The molecule has 0 fully saturated rings. The minimum Gasteiger partial charge on any atom is -0.382 e. The van der Waals surface area contributed by atoms with E-state index in [1.165, 1.54) is 0 Å². The highest BCUT2D eigenvalue weighted by Crippen LogP contribution is 2.24. The summed E-state index contributed by atoms with van der Waals surface area (Å²) in [6.07, 6.45) is 0. The molecule has 20 heavy (non-hydrogen) atoms. The zero-order chi connectivity index (χ0) is 15.3. The van der Waals surface area contributed by atoms with E-state index in [1.54, 1.807) is 0 Å². The minimum atomic E-state index is -0.00940. The third-order valence-corrected chi connectivity index (χ3v) is 3.66. The Morgan fingerprint density at radius 1 is 1.15 bits per heavy atom. The molecular weight excluding hydrogens is 248 g/mol. The first kappa shape index (κ1) is 16.5. The summed E-state index contributed by atoms with van der Waals surface area (Å²) >= 11 is 0. The second-order valence-electron chi connectivity index (χ2n) is 6.82. The van der Waals surface area contributed by atoms with E-state index in [1.807, 2.05) is 24.3 Å². The first-order valence-corrected chi connectivity index (χ1v) is 7.35. The fourth-order valence-electron chi connectivity index (χ4n) is 1.77. The summed E-state index contributed by atoms with van der Waals surface area (Å²) in [6, 6.07) is 7.95. The van der Waals surface area contributed by atoms with Crippen LogP contribution in [-0.2, 0) is 0 Å². The van der Waals surface area contributed by atoms with Crippen molar-refractivity contribution in [2.45, 2.75) is 47.6 Å². The van der Waals surface area contributed by atoms with Gasteiger partial charge in [0, 0.05) is 18.3 Å². The Kier molecular flexibility index (Phi) is 5.61. The van der Waals surface area contributed by atoms with Gasteiger partial charge in [-0.05, 0) is 37.3 Å². The van der Waals surface area contributed by atoms with Crippen LogP contribution in [0.4, 0.5) is 5.69 Å². The monoisotopic (exact) mass is 276 g/mol. The molecule has 0 aliphatic rings. The van der Waals surface area contributed by atoms with E-state index in [-0.39, 0.29) is 11.3 Å². The zero-order valence-electron chi connectivity index (χ0n) is 13.6. The summed E-state index contributed by atoms with van der Waals surface area (Å²) in [6.45, 7) is 13.6. The number of benzene rings is 1.